The standard InChI is InChI=1S/C20H15FN4O2/c21-15-5-1-4-14(10-15)13-27-17-7-2-6-16(11-17)24-20(26)18-12-23-25-9-3-8-22-19(18)25/h1-12H,13H2,(H,24,26). The summed E-state index contributed by atoms with van der Waals surface area (Å²) in [6.45, 7) is 0.229. The molecule has 0 aliphatic rings. The molecule has 0 atom stereocenters. The molecule has 7 heteroatoms. The molecule has 134 valence electrons. The third-order valence-corrected chi connectivity index (χ3v) is 3.91. The molecule has 0 unspecified atom stereocenters. The minimum atomic E-state index is -0.314. The van der Waals surface area contributed by atoms with Gasteiger partial charge in [-0.3, -0.25) is 4.79 Å². The van der Waals surface area contributed by atoms with E-state index in [1.807, 2.05) is 0 Å². The maximum absolute atomic E-state index is 13.2. The van der Waals surface area contributed by atoms with E-state index in [1.165, 1.54) is 22.8 Å². The zero-order valence-electron chi connectivity index (χ0n) is 14.2. The Morgan fingerprint density at radius 3 is 2.93 bits per heavy atom. The lowest BCUT2D eigenvalue weighted by Gasteiger charge is -2.09. The fourth-order valence-corrected chi connectivity index (χ4v) is 2.64. The first-order valence-electron chi connectivity index (χ1n) is 8.26. The first-order chi connectivity index (χ1) is 13.2. The van der Waals surface area contributed by atoms with Gasteiger partial charge in [-0.05, 0) is 35.9 Å². The summed E-state index contributed by atoms with van der Waals surface area (Å²) in [7, 11) is 0. The number of aromatic nitrogens is 3. The van der Waals surface area contributed by atoms with E-state index in [0.29, 0.717) is 22.6 Å². The second kappa shape index (κ2) is 7.25. The molecular weight excluding hydrogens is 347 g/mol. The fourth-order valence-electron chi connectivity index (χ4n) is 2.64. The van der Waals surface area contributed by atoms with Crippen LogP contribution in [0.1, 0.15) is 15.9 Å². The lowest BCUT2D eigenvalue weighted by molar-refractivity contribution is 0.102. The number of halogens is 1. The first-order valence-corrected chi connectivity index (χ1v) is 8.26. The normalized spacial score (nSPS) is 10.7. The van der Waals surface area contributed by atoms with Crippen molar-refractivity contribution < 1.29 is 13.9 Å². The van der Waals surface area contributed by atoms with Gasteiger partial charge in [-0.15, -0.1) is 0 Å². The van der Waals surface area contributed by atoms with Gasteiger partial charge in [0.25, 0.3) is 5.91 Å². The van der Waals surface area contributed by atoms with E-state index in [0.717, 1.165) is 5.56 Å². The molecule has 0 bridgehead atoms. The van der Waals surface area contributed by atoms with Crippen LogP contribution < -0.4 is 10.1 Å². The summed E-state index contributed by atoms with van der Waals surface area (Å²) >= 11 is 0. The van der Waals surface area contributed by atoms with Crippen molar-refractivity contribution in [2.24, 2.45) is 0 Å². The molecule has 2 aromatic heterocycles. The minimum Gasteiger partial charge on any atom is -0.489 e. The van der Waals surface area contributed by atoms with Crippen molar-refractivity contribution in [3.05, 3.63) is 90.1 Å². The topological polar surface area (TPSA) is 68.5 Å². The van der Waals surface area contributed by atoms with Gasteiger partial charge in [0.2, 0.25) is 0 Å². The predicted molar refractivity (Wildman–Crippen MR) is 98.1 cm³/mol. The van der Waals surface area contributed by atoms with E-state index in [-0.39, 0.29) is 18.3 Å². The van der Waals surface area contributed by atoms with Crippen LogP contribution in [0.2, 0.25) is 0 Å². The molecule has 6 nitrogen and oxygen atoms in total. The van der Waals surface area contributed by atoms with Gasteiger partial charge in [-0.25, -0.2) is 13.9 Å². The molecule has 0 aliphatic carbocycles. The Morgan fingerprint density at radius 2 is 2.04 bits per heavy atom. The van der Waals surface area contributed by atoms with Crippen LogP contribution in [0.25, 0.3) is 5.65 Å². The number of anilines is 1. The van der Waals surface area contributed by atoms with Crippen LogP contribution in [-0.4, -0.2) is 20.5 Å². The van der Waals surface area contributed by atoms with Crippen LogP contribution in [0.15, 0.2) is 73.2 Å². The summed E-state index contributed by atoms with van der Waals surface area (Å²) in [6, 6.07) is 15.0. The van der Waals surface area contributed by atoms with Crippen LogP contribution in [0.4, 0.5) is 10.1 Å². The predicted octanol–water partition coefficient (Wildman–Crippen LogP) is 3.70. The molecule has 0 saturated carbocycles. The zero-order valence-corrected chi connectivity index (χ0v) is 14.2. The summed E-state index contributed by atoms with van der Waals surface area (Å²) in [5.41, 5.74) is 2.16. The van der Waals surface area contributed by atoms with Crippen LogP contribution in [0.3, 0.4) is 0 Å². The molecule has 0 spiro atoms. The van der Waals surface area contributed by atoms with Crippen molar-refractivity contribution in [3.8, 4) is 5.75 Å². The Hall–Kier alpha value is -3.74. The number of fused-ring (bicyclic) bond motifs is 1. The summed E-state index contributed by atoms with van der Waals surface area (Å²) < 4.78 is 20.4. The lowest BCUT2D eigenvalue weighted by Crippen LogP contribution is -2.12. The molecule has 1 amide bonds. The molecule has 0 aliphatic heterocycles. The summed E-state index contributed by atoms with van der Waals surface area (Å²) in [4.78, 5) is 16.7. The largest absolute Gasteiger partial charge is 0.489 e. The third kappa shape index (κ3) is 3.77. The van der Waals surface area contributed by atoms with E-state index in [2.05, 4.69) is 15.4 Å². The molecule has 4 rings (SSSR count). The van der Waals surface area contributed by atoms with E-state index < -0.39 is 0 Å². The van der Waals surface area contributed by atoms with E-state index in [1.54, 1.807) is 54.9 Å². The Balaban J connectivity index is 1.46. The SMILES string of the molecule is O=C(Nc1cccc(OCc2cccc(F)c2)c1)c1cnn2cccnc12. The van der Waals surface area contributed by atoms with Crippen LogP contribution in [-0.2, 0) is 6.61 Å². The number of rotatable bonds is 5. The molecule has 27 heavy (non-hydrogen) atoms. The maximum atomic E-state index is 13.2. The third-order valence-electron chi connectivity index (χ3n) is 3.91. The highest BCUT2D eigenvalue weighted by molar-refractivity contribution is 6.08. The molecule has 2 heterocycles. The zero-order chi connectivity index (χ0) is 18.6. The summed E-state index contributed by atoms with van der Waals surface area (Å²) in [5, 5.41) is 6.92. The fraction of sp³-hybridized carbons (Fsp3) is 0.0500. The Kier molecular flexibility index (Phi) is 4.49. The second-order valence-corrected chi connectivity index (χ2v) is 5.85. The van der Waals surface area contributed by atoms with Crippen molar-refractivity contribution in [2.45, 2.75) is 6.61 Å². The van der Waals surface area contributed by atoms with Crippen LogP contribution in [0, 0.1) is 5.82 Å². The average molecular weight is 362 g/mol. The van der Waals surface area contributed by atoms with Gasteiger partial charge in [0.05, 0.1) is 6.20 Å². The average Bonchev–Trinajstić information content (AvgIpc) is 3.11. The van der Waals surface area contributed by atoms with Crippen molar-refractivity contribution >= 4 is 17.2 Å². The number of hydrogen-bond acceptors (Lipinski definition) is 4. The second-order valence-electron chi connectivity index (χ2n) is 5.85. The van der Waals surface area contributed by atoms with Gasteiger partial charge in [-0.2, -0.15) is 5.10 Å². The number of amides is 1. The summed E-state index contributed by atoms with van der Waals surface area (Å²) in [6.07, 6.45) is 4.80. The number of ether oxygens (including phenoxy) is 1. The molecule has 4 aromatic rings. The molecule has 2 aromatic carbocycles. The highest BCUT2D eigenvalue weighted by Gasteiger charge is 2.14. The molecule has 0 fully saturated rings. The highest BCUT2D eigenvalue weighted by atomic mass is 19.1. The number of hydrogen-bond donors (Lipinski definition) is 1. The van der Waals surface area contributed by atoms with Crippen LogP contribution >= 0.6 is 0 Å². The molecular formula is C20H15FN4O2. The van der Waals surface area contributed by atoms with Gasteiger partial charge >= 0.3 is 0 Å². The van der Waals surface area contributed by atoms with Crippen LogP contribution in [0.5, 0.6) is 5.75 Å². The Labute approximate surface area is 154 Å². The van der Waals surface area contributed by atoms with Crippen molar-refractivity contribution in [3.63, 3.8) is 0 Å². The van der Waals surface area contributed by atoms with Crippen molar-refractivity contribution in [2.75, 3.05) is 5.32 Å². The monoisotopic (exact) mass is 362 g/mol. The van der Waals surface area contributed by atoms with Gasteiger partial charge in [0, 0.05) is 24.1 Å². The van der Waals surface area contributed by atoms with Crippen molar-refractivity contribution in [1.29, 1.82) is 0 Å². The van der Waals surface area contributed by atoms with E-state index in [4.69, 9.17) is 4.74 Å². The van der Waals surface area contributed by atoms with Crippen molar-refractivity contribution in [1.82, 2.24) is 14.6 Å². The van der Waals surface area contributed by atoms with Gasteiger partial charge < -0.3 is 10.1 Å². The molecule has 0 saturated heterocycles. The number of carbonyl (C=O) groups excluding carboxylic acids is 1. The van der Waals surface area contributed by atoms with E-state index in [9.17, 15) is 9.18 Å². The first kappa shape index (κ1) is 16.7. The summed E-state index contributed by atoms with van der Waals surface area (Å²) in [5.74, 6) is -0.0554. The minimum absolute atomic E-state index is 0.229. The smallest absolute Gasteiger partial charge is 0.261 e. The number of benzene rings is 2. The Bertz CT molecular complexity index is 1110. The molecule has 0 radical (unpaired) electrons. The quantitative estimate of drug-likeness (QED) is 0.588. The number of nitrogens with one attached hydrogen (secondary N) is 1. The van der Waals surface area contributed by atoms with Gasteiger partial charge in [-0.1, -0.05) is 18.2 Å². The van der Waals surface area contributed by atoms with Gasteiger partial charge in [0.15, 0.2) is 5.65 Å². The van der Waals surface area contributed by atoms with Gasteiger partial charge in [0.1, 0.15) is 23.7 Å². The number of carbonyl (C=O) groups is 1. The Morgan fingerprint density at radius 1 is 1.15 bits per heavy atom. The maximum Gasteiger partial charge on any atom is 0.261 e. The lowest BCUT2D eigenvalue weighted by atomic mass is 10.2. The van der Waals surface area contributed by atoms with E-state index >= 15 is 0 Å². The highest BCUT2D eigenvalue weighted by Crippen LogP contribution is 2.20. The molecule has 1 N–H and O–H groups in total. The number of nitrogens with zero attached hydrogens (tertiary/aromatic N) is 3.